The first-order valence-corrected chi connectivity index (χ1v) is 9.63. The number of esters is 1. The van der Waals surface area contributed by atoms with Crippen LogP contribution in [0.25, 0.3) is 0 Å². The SMILES string of the molecule is Cc1ccc(S(=O)(=O)OCCOCCOC(=O)CCCCC(=O)O)cc1. The predicted octanol–water partition coefficient (Wildman–Crippen LogP) is 1.91. The molecule has 0 bridgehead atoms. The van der Waals surface area contributed by atoms with Gasteiger partial charge in [-0.05, 0) is 31.9 Å². The van der Waals surface area contributed by atoms with E-state index < -0.39 is 22.1 Å². The molecule has 0 aliphatic carbocycles. The van der Waals surface area contributed by atoms with Crippen LogP contribution in [0, 0.1) is 6.92 Å². The van der Waals surface area contributed by atoms with Gasteiger partial charge in [0.25, 0.3) is 10.1 Å². The summed E-state index contributed by atoms with van der Waals surface area (Å²) in [6.07, 6.45) is 1.07. The number of carbonyl (C=O) groups excluding carboxylic acids is 1. The first-order chi connectivity index (χ1) is 12.3. The quantitative estimate of drug-likeness (QED) is 0.309. The van der Waals surface area contributed by atoms with E-state index in [1.807, 2.05) is 6.92 Å². The third-order valence-electron chi connectivity index (χ3n) is 3.29. The fourth-order valence-corrected chi connectivity index (χ4v) is 2.80. The minimum absolute atomic E-state index is 0.0297. The van der Waals surface area contributed by atoms with E-state index in [2.05, 4.69) is 0 Å². The van der Waals surface area contributed by atoms with Crippen molar-refractivity contribution in [2.75, 3.05) is 26.4 Å². The van der Waals surface area contributed by atoms with Gasteiger partial charge in [-0.1, -0.05) is 17.7 Å². The Bertz CT molecular complexity index is 667. The molecule has 26 heavy (non-hydrogen) atoms. The van der Waals surface area contributed by atoms with Crippen LogP contribution in [0.3, 0.4) is 0 Å². The van der Waals surface area contributed by atoms with E-state index in [1.165, 1.54) is 12.1 Å². The van der Waals surface area contributed by atoms with Crippen molar-refractivity contribution in [2.45, 2.75) is 37.5 Å². The van der Waals surface area contributed by atoms with Crippen molar-refractivity contribution < 1.29 is 36.8 Å². The summed E-state index contributed by atoms with van der Waals surface area (Å²) in [5.74, 6) is -1.31. The molecule has 1 aromatic carbocycles. The van der Waals surface area contributed by atoms with Crippen LogP contribution in [0.2, 0.25) is 0 Å². The number of benzene rings is 1. The molecular formula is C17H24O8S. The number of aliphatic carboxylic acids is 1. The van der Waals surface area contributed by atoms with Gasteiger partial charge in [0.1, 0.15) is 6.61 Å². The first-order valence-electron chi connectivity index (χ1n) is 8.22. The molecule has 0 saturated heterocycles. The molecule has 1 N–H and O–H groups in total. The highest BCUT2D eigenvalue weighted by Gasteiger charge is 2.14. The van der Waals surface area contributed by atoms with Gasteiger partial charge in [-0.3, -0.25) is 13.8 Å². The fraction of sp³-hybridized carbons (Fsp3) is 0.529. The Morgan fingerprint density at radius 1 is 0.962 bits per heavy atom. The topological polar surface area (TPSA) is 116 Å². The molecule has 8 nitrogen and oxygen atoms in total. The highest BCUT2D eigenvalue weighted by atomic mass is 32.2. The summed E-state index contributed by atoms with van der Waals surface area (Å²) in [7, 11) is -3.81. The van der Waals surface area contributed by atoms with E-state index in [4.69, 9.17) is 18.8 Å². The van der Waals surface area contributed by atoms with Crippen LogP contribution in [0.15, 0.2) is 29.2 Å². The Hall–Kier alpha value is -1.97. The van der Waals surface area contributed by atoms with Gasteiger partial charge in [-0.2, -0.15) is 8.42 Å². The van der Waals surface area contributed by atoms with Gasteiger partial charge < -0.3 is 14.6 Å². The number of carbonyl (C=O) groups is 2. The normalized spacial score (nSPS) is 11.3. The monoisotopic (exact) mass is 388 g/mol. The average Bonchev–Trinajstić information content (AvgIpc) is 2.58. The van der Waals surface area contributed by atoms with Crippen molar-refractivity contribution in [1.82, 2.24) is 0 Å². The molecule has 0 amide bonds. The number of hydrogen-bond acceptors (Lipinski definition) is 7. The third-order valence-corrected chi connectivity index (χ3v) is 4.61. The van der Waals surface area contributed by atoms with Gasteiger partial charge in [0.15, 0.2) is 0 Å². The van der Waals surface area contributed by atoms with E-state index >= 15 is 0 Å². The molecular weight excluding hydrogens is 364 g/mol. The zero-order valence-electron chi connectivity index (χ0n) is 14.7. The third kappa shape index (κ3) is 9.50. The summed E-state index contributed by atoms with van der Waals surface area (Å²) < 4.78 is 38.7. The van der Waals surface area contributed by atoms with Crippen molar-refractivity contribution in [3.63, 3.8) is 0 Å². The molecule has 0 aromatic heterocycles. The number of ether oxygens (including phenoxy) is 2. The van der Waals surface area contributed by atoms with E-state index in [1.54, 1.807) is 12.1 Å². The van der Waals surface area contributed by atoms with Crippen molar-refractivity contribution >= 4 is 22.1 Å². The average molecular weight is 388 g/mol. The zero-order chi connectivity index (χ0) is 19.4. The number of carboxylic acids is 1. The van der Waals surface area contributed by atoms with Gasteiger partial charge in [0.05, 0.1) is 24.7 Å². The molecule has 0 radical (unpaired) electrons. The minimum atomic E-state index is -3.81. The molecule has 9 heteroatoms. The number of hydrogen-bond donors (Lipinski definition) is 1. The van der Waals surface area contributed by atoms with Crippen molar-refractivity contribution in [1.29, 1.82) is 0 Å². The van der Waals surface area contributed by atoms with Crippen LogP contribution >= 0.6 is 0 Å². The zero-order valence-corrected chi connectivity index (χ0v) is 15.5. The molecule has 0 heterocycles. The summed E-state index contributed by atoms with van der Waals surface area (Å²) >= 11 is 0. The van der Waals surface area contributed by atoms with E-state index in [0.717, 1.165) is 5.56 Å². The molecule has 0 aliphatic heterocycles. The van der Waals surface area contributed by atoms with Gasteiger partial charge in [0.2, 0.25) is 0 Å². The fourth-order valence-electron chi connectivity index (χ4n) is 1.91. The highest BCUT2D eigenvalue weighted by Crippen LogP contribution is 2.12. The molecule has 0 fully saturated rings. The number of unbranched alkanes of at least 4 members (excludes halogenated alkanes) is 1. The molecule has 0 atom stereocenters. The van der Waals surface area contributed by atoms with E-state index in [9.17, 15) is 18.0 Å². The largest absolute Gasteiger partial charge is 0.481 e. The molecule has 146 valence electrons. The number of carboxylic acid groups (broad SMARTS) is 1. The van der Waals surface area contributed by atoms with Crippen molar-refractivity contribution in [3.05, 3.63) is 29.8 Å². The Kier molecular flexibility index (Phi) is 9.85. The van der Waals surface area contributed by atoms with E-state index in [0.29, 0.717) is 12.8 Å². The lowest BCUT2D eigenvalue weighted by Crippen LogP contribution is -2.15. The molecule has 0 aliphatic rings. The summed E-state index contributed by atoms with van der Waals surface area (Å²) in [5.41, 5.74) is 0.948. The van der Waals surface area contributed by atoms with Gasteiger partial charge in [0, 0.05) is 12.8 Å². The van der Waals surface area contributed by atoms with Crippen molar-refractivity contribution in [3.8, 4) is 0 Å². The van der Waals surface area contributed by atoms with Crippen LogP contribution in [-0.4, -0.2) is 51.9 Å². The maximum Gasteiger partial charge on any atom is 0.305 e. The summed E-state index contributed by atoms with van der Waals surface area (Å²) in [4.78, 5) is 21.8. The molecule has 1 aromatic rings. The maximum absolute atomic E-state index is 11.9. The lowest BCUT2D eigenvalue weighted by molar-refractivity contribution is -0.145. The Morgan fingerprint density at radius 2 is 1.58 bits per heavy atom. The maximum atomic E-state index is 11.9. The van der Waals surface area contributed by atoms with Crippen LogP contribution in [0.5, 0.6) is 0 Å². The number of aryl methyl sites for hydroxylation is 1. The van der Waals surface area contributed by atoms with Crippen LogP contribution < -0.4 is 0 Å². The molecule has 0 spiro atoms. The standard InChI is InChI=1S/C17H24O8S/c1-14-6-8-15(9-7-14)26(21,22)25-13-11-23-10-12-24-17(20)5-3-2-4-16(18)19/h6-9H,2-5,10-13H2,1H3,(H,18,19). The Labute approximate surface area is 153 Å². The Morgan fingerprint density at radius 3 is 2.23 bits per heavy atom. The summed E-state index contributed by atoms with van der Waals surface area (Å²) in [6.45, 7) is 1.92. The second-order valence-corrected chi connectivity index (χ2v) is 7.14. The summed E-state index contributed by atoms with van der Waals surface area (Å²) in [5, 5.41) is 8.47. The second-order valence-electron chi connectivity index (χ2n) is 5.52. The van der Waals surface area contributed by atoms with E-state index in [-0.39, 0.29) is 44.2 Å². The van der Waals surface area contributed by atoms with Crippen molar-refractivity contribution in [2.24, 2.45) is 0 Å². The van der Waals surface area contributed by atoms with Gasteiger partial charge in [-0.25, -0.2) is 0 Å². The van der Waals surface area contributed by atoms with Crippen LogP contribution in [0.4, 0.5) is 0 Å². The lowest BCUT2D eigenvalue weighted by Gasteiger charge is -2.08. The highest BCUT2D eigenvalue weighted by molar-refractivity contribution is 7.86. The lowest BCUT2D eigenvalue weighted by atomic mass is 10.2. The summed E-state index contributed by atoms with van der Waals surface area (Å²) in [6, 6.07) is 6.31. The molecule has 0 saturated carbocycles. The Balaban J connectivity index is 2.07. The first kappa shape index (κ1) is 22.1. The molecule has 0 unspecified atom stereocenters. The minimum Gasteiger partial charge on any atom is -0.481 e. The van der Waals surface area contributed by atoms with Crippen LogP contribution in [-0.2, 0) is 33.4 Å². The second kappa shape index (κ2) is 11.6. The molecule has 1 rings (SSSR count). The van der Waals surface area contributed by atoms with Gasteiger partial charge in [-0.15, -0.1) is 0 Å². The smallest absolute Gasteiger partial charge is 0.305 e. The predicted molar refractivity (Wildman–Crippen MR) is 92.2 cm³/mol. The number of rotatable bonds is 13. The van der Waals surface area contributed by atoms with Crippen LogP contribution in [0.1, 0.15) is 31.2 Å². The van der Waals surface area contributed by atoms with Gasteiger partial charge >= 0.3 is 11.9 Å².